The average Bonchev–Trinajstić information content (AvgIpc) is 2.16. The van der Waals surface area contributed by atoms with E-state index in [0.29, 0.717) is 5.69 Å². The first-order valence-electron chi connectivity index (χ1n) is 4.05. The van der Waals surface area contributed by atoms with Gasteiger partial charge in [0.05, 0.1) is 7.11 Å². The Balaban J connectivity index is 3.16. The Kier molecular flexibility index (Phi) is 2.71. The predicted molar refractivity (Wildman–Crippen MR) is 50.6 cm³/mol. The molecule has 1 rings (SSSR count). The molecule has 14 heavy (non-hydrogen) atoms. The number of H-pyrrole nitrogens is 1. The molecule has 1 atom stereocenters. The van der Waals surface area contributed by atoms with Crippen molar-refractivity contribution in [1.82, 2.24) is 4.98 Å². The molecule has 0 unspecified atom stereocenters. The first-order valence-corrected chi connectivity index (χ1v) is 4.05. The van der Waals surface area contributed by atoms with Gasteiger partial charge in [-0.25, -0.2) is 4.79 Å². The molecule has 3 N–H and O–H groups in total. The van der Waals surface area contributed by atoms with Gasteiger partial charge < -0.3 is 15.5 Å². The fraction of sp³-hybridized carbons (Fsp3) is 0.333. The molecule has 5 nitrogen and oxygen atoms in total. The number of pyridine rings is 1. The number of carbonyl (C=O) groups excluding carboxylic acids is 1. The third kappa shape index (κ3) is 1.82. The van der Waals surface area contributed by atoms with Crippen LogP contribution in [0.5, 0.6) is 0 Å². The highest BCUT2D eigenvalue weighted by Crippen LogP contribution is 2.14. The molecule has 0 saturated carbocycles. The first kappa shape index (κ1) is 10.5. The number of hydrogen-bond acceptors (Lipinski definition) is 4. The van der Waals surface area contributed by atoms with E-state index in [-0.39, 0.29) is 5.56 Å². The largest absolute Gasteiger partial charge is 0.467 e. The summed E-state index contributed by atoms with van der Waals surface area (Å²) in [6.07, 6.45) is 0. The van der Waals surface area contributed by atoms with Gasteiger partial charge in [-0.05, 0) is 13.0 Å². The van der Waals surface area contributed by atoms with Crippen molar-refractivity contribution in [2.45, 2.75) is 12.5 Å². The number of aromatic amines is 1. The van der Waals surface area contributed by atoms with Gasteiger partial charge in [0, 0.05) is 11.8 Å². The maximum absolute atomic E-state index is 11.3. The maximum atomic E-state index is 11.3. The Labute approximate surface area is 80.9 Å². The molecule has 0 aromatic carbocycles. The van der Waals surface area contributed by atoms with Gasteiger partial charge in [0.25, 0.3) is 0 Å². The maximum Gasteiger partial charge on any atom is 0.331 e. The normalized spacial score (nSPS) is 14.5. The van der Waals surface area contributed by atoms with Gasteiger partial charge in [-0.2, -0.15) is 0 Å². The summed E-state index contributed by atoms with van der Waals surface area (Å²) in [7, 11) is 1.24. The lowest BCUT2D eigenvalue weighted by Gasteiger charge is -2.20. The molecule has 1 aromatic rings. The molecule has 0 spiro atoms. The highest BCUT2D eigenvalue weighted by Gasteiger charge is 2.32. The fourth-order valence-electron chi connectivity index (χ4n) is 1.07. The summed E-state index contributed by atoms with van der Waals surface area (Å²) in [5, 5.41) is 0. The van der Waals surface area contributed by atoms with Crippen molar-refractivity contribution in [3.63, 3.8) is 0 Å². The highest BCUT2D eigenvalue weighted by molar-refractivity contribution is 5.81. The average molecular weight is 196 g/mol. The van der Waals surface area contributed by atoms with Gasteiger partial charge in [0.2, 0.25) is 5.56 Å². The third-order valence-corrected chi connectivity index (χ3v) is 1.94. The van der Waals surface area contributed by atoms with Crippen LogP contribution in [0.4, 0.5) is 0 Å². The van der Waals surface area contributed by atoms with Gasteiger partial charge in [-0.15, -0.1) is 0 Å². The second kappa shape index (κ2) is 3.63. The van der Waals surface area contributed by atoms with E-state index in [1.807, 2.05) is 0 Å². The number of ether oxygens (including phenoxy) is 1. The number of methoxy groups -OCH3 is 1. The standard InChI is InChI=1S/C9H12N2O3/c1-9(10,8(13)14-2)6-4-3-5-7(12)11-6/h3-5H,10H2,1-2H3,(H,11,12)/t9-/m0/s1. The number of nitrogens with two attached hydrogens (primary N) is 1. The van der Waals surface area contributed by atoms with E-state index in [1.165, 1.54) is 26.2 Å². The van der Waals surface area contributed by atoms with Gasteiger partial charge >= 0.3 is 5.97 Å². The van der Waals surface area contributed by atoms with Crippen LogP contribution in [0.2, 0.25) is 0 Å². The zero-order chi connectivity index (χ0) is 10.8. The second-order valence-corrected chi connectivity index (χ2v) is 3.12. The van der Waals surface area contributed by atoms with Gasteiger partial charge in [-0.3, -0.25) is 4.79 Å². The van der Waals surface area contributed by atoms with E-state index in [9.17, 15) is 9.59 Å². The van der Waals surface area contributed by atoms with Crippen LogP contribution in [-0.4, -0.2) is 18.1 Å². The molecule has 5 heteroatoms. The minimum absolute atomic E-state index is 0.303. The SMILES string of the molecule is COC(=O)[C@@](C)(N)c1cccc(=O)[nH]1. The summed E-state index contributed by atoms with van der Waals surface area (Å²) >= 11 is 0. The molecule has 0 saturated heterocycles. The van der Waals surface area contributed by atoms with E-state index in [4.69, 9.17) is 5.73 Å². The molecule has 76 valence electrons. The van der Waals surface area contributed by atoms with Crippen LogP contribution in [0.1, 0.15) is 12.6 Å². The molecule has 0 aliphatic heterocycles. The quantitative estimate of drug-likeness (QED) is 0.637. The number of nitrogens with one attached hydrogen (secondary N) is 1. The van der Waals surface area contributed by atoms with E-state index in [1.54, 1.807) is 6.07 Å². The minimum Gasteiger partial charge on any atom is -0.467 e. The van der Waals surface area contributed by atoms with Crippen LogP contribution < -0.4 is 11.3 Å². The number of aromatic nitrogens is 1. The van der Waals surface area contributed by atoms with Crippen molar-refractivity contribution >= 4 is 5.97 Å². The molecule has 0 aliphatic rings. The lowest BCUT2D eigenvalue weighted by Crippen LogP contribution is -2.44. The van der Waals surface area contributed by atoms with Crippen LogP contribution in [0.25, 0.3) is 0 Å². The summed E-state index contributed by atoms with van der Waals surface area (Å²) < 4.78 is 4.52. The topological polar surface area (TPSA) is 85.2 Å². The second-order valence-electron chi connectivity index (χ2n) is 3.12. The molecular weight excluding hydrogens is 184 g/mol. The van der Waals surface area contributed by atoms with Gasteiger partial charge in [0.15, 0.2) is 5.54 Å². The minimum atomic E-state index is -1.32. The number of rotatable bonds is 2. The Morgan fingerprint density at radius 1 is 1.57 bits per heavy atom. The molecule has 1 heterocycles. The molecule has 1 aromatic heterocycles. The molecule has 0 fully saturated rings. The van der Waals surface area contributed by atoms with Gasteiger partial charge in [-0.1, -0.05) is 6.07 Å². The Hall–Kier alpha value is -1.62. The van der Waals surface area contributed by atoms with Crippen LogP contribution in [0.3, 0.4) is 0 Å². The van der Waals surface area contributed by atoms with Crippen molar-refractivity contribution in [2.24, 2.45) is 5.73 Å². The number of esters is 1. The predicted octanol–water partition coefficient (Wildman–Crippen LogP) is -0.278. The Morgan fingerprint density at radius 3 is 2.71 bits per heavy atom. The Bertz CT molecular complexity index is 395. The summed E-state index contributed by atoms with van der Waals surface area (Å²) in [4.78, 5) is 24.7. The van der Waals surface area contributed by atoms with E-state index in [2.05, 4.69) is 9.72 Å². The lowest BCUT2D eigenvalue weighted by molar-refractivity contribution is -0.146. The van der Waals surface area contributed by atoms with Crippen LogP contribution in [0.15, 0.2) is 23.0 Å². The fourth-order valence-corrected chi connectivity index (χ4v) is 1.07. The summed E-state index contributed by atoms with van der Waals surface area (Å²) in [6.45, 7) is 1.48. The summed E-state index contributed by atoms with van der Waals surface area (Å²) in [6, 6.07) is 4.44. The highest BCUT2D eigenvalue weighted by atomic mass is 16.5. The summed E-state index contributed by atoms with van der Waals surface area (Å²) in [5.41, 5.74) is 4.42. The van der Waals surface area contributed by atoms with Gasteiger partial charge in [0.1, 0.15) is 0 Å². The number of hydrogen-bond donors (Lipinski definition) is 2. The molecular formula is C9H12N2O3. The molecule has 0 aliphatic carbocycles. The summed E-state index contributed by atoms with van der Waals surface area (Å²) in [5.74, 6) is -0.598. The van der Waals surface area contributed by atoms with Crippen molar-refractivity contribution in [3.05, 3.63) is 34.2 Å². The lowest BCUT2D eigenvalue weighted by atomic mass is 9.99. The molecule has 0 amide bonds. The zero-order valence-corrected chi connectivity index (χ0v) is 8.03. The van der Waals surface area contributed by atoms with Crippen LogP contribution >= 0.6 is 0 Å². The van der Waals surface area contributed by atoms with E-state index < -0.39 is 11.5 Å². The van der Waals surface area contributed by atoms with E-state index >= 15 is 0 Å². The smallest absolute Gasteiger partial charge is 0.331 e. The van der Waals surface area contributed by atoms with Crippen LogP contribution in [-0.2, 0) is 15.1 Å². The zero-order valence-electron chi connectivity index (χ0n) is 8.03. The van der Waals surface area contributed by atoms with Crippen molar-refractivity contribution < 1.29 is 9.53 Å². The monoisotopic (exact) mass is 196 g/mol. The van der Waals surface area contributed by atoms with Crippen molar-refractivity contribution in [2.75, 3.05) is 7.11 Å². The third-order valence-electron chi connectivity index (χ3n) is 1.94. The first-order chi connectivity index (χ1) is 6.48. The molecule has 0 radical (unpaired) electrons. The van der Waals surface area contributed by atoms with Crippen molar-refractivity contribution in [1.29, 1.82) is 0 Å². The Morgan fingerprint density at radius 2 is 2.21 bits per heavy atom. The van der Waals surface area contributed by atoms with E-state index in [0.717, 1.165) is 0 Å². The van der Waals surface area contributed by atoms with Crippen molar-refractivity contribution in [3.8, 4) is 0 Å². The number of carbonyl (C=O) groups is 1. The molecule has 0 bridgehead atoms. The van der Waals surface area contributed by atoms with Crippen LogP contribution in [0, 0.1) is 0 Å².